The molecule has 2 nitrogen and oxygen atoms in total. The van der Waals surface area contributed by atoms with Gasteiger partial charge in [0.15, 0.2) is 0 Å². The van der Waals surface area contributed by atoms with Crippen molar-refractivity contribution in [2.24, 2.45) is 0 Å². The van der Waals surface area contributed by atoms with E-state index in [0.29, 0.717) is 12.1 Å². The zero-order chi connectivity index (χ0) is 14.8. The summed E-state index contributed by atoms with van der Waals surface area (Å²) >= 11 is 5.90. The van der Waals surface area contributed by atoms with Gasteiger partial charge in [-0.1, -0.05) is 30.9 Å². The summed E-state index contributed by atoms with van der Waals surface area (Å²) in [6, 6.07) is 3.07. The highest BCUT2D eigenvalue weighted by Crippen LogP contribution is 2.34. The third-order valence-electron chi connectivity index (χ3n) is 3.62. The molecule has 0 aliphatic heterocycles. The van der Waals surface area contributed by atoms with E-state index >= 15 is 0 Å². The van der Waals surface area contributed by atoms with Crippen LogP contribution >= 0.6 is 11.6 Å². The van der Waals surface area contributed by atoms with Gasteiger partial charge in [-0.2, -0.15) is 13.2 Å². The summed E-state index contributed by atoms with van der Waals surface area (Å²) in [5.74, 6) is 0. The number of halogens is 4. The van der Waals surface area contributed by atoms with Crippen molar-refractivity contribution in [2.75, 3.05) is 5.32 Å². The van der Waals surface area contributed by atoms with Gasteiger partial charge < -0.3 is 10.4 Å². The summed E-state index contributed by atoms with van der Waals surface area (Å²) in [5.41, 5.74) is -0.333. The maximum atomic E-state index is 12.6. The van der Waals surface area contributed by atoms with Gasteiger partial charge in [0.25, 0.3) is 0 Å². The van der Waals surface area contributed by atoms with E-state index in [0.717, 1.165) is 37.8 Å². The maximum absolute atomic E-state index is 12.6. The highest BCUT2D eigenvalue weighted by atomic mass is 35.5. The van der Waals surface area contributed by atoms with Crippen LogP contribution in [0.3, 0.4) is 0 Å². The molecule has 0 spiro atoms. The lowest BCUT2D eigenvalue weighted by molar-refractivity contribution is -0.137. The summed E-state index contributed by atoms with van der Waals surface area (Å²) in [6.45, 7) is 0. The number of alkyl halides is 3. The molecule has 2 atom stereocenters. The summed E-state index contributed by atoms with van der Waals surface area (Å²) in [4.78, 5) is 0. The number of aliphatic hydroxyl groups excluding tert-OH is 1. The predicted molar refractivity (Wildman–Crippen MR) is 73.0 cm³/mol. The normalized spacial score (nSPS) is 24.2. The topological polar surface area (TPSA) is 32.3 Å². The first-order chi connectivity index (χ1) is 9.38. The molecule has 1 aromatic carbocycles. The van der Waals surface area contributed by atoms with Crippen LogP contribution < -0.4 is 5.32 Å². The second-order valence-corrected chi connectivity index (χ2v) is 5.56. The minimum Gasteiger partial charge on any atom is -0.391 e. The molecule has 0 heterocycles. The lowest BCUT2D eigenvalue weighted by atomic mass is 10.1. The largest absolute Gasteiger partial charge is 0.416 e. The maximum Gasteiger partial charge on any atom is 0.416 e. The fourth-order valence-electron chi connectivity index (χ4n) is 2.46. The molecule has 2 N–H and O–H groups in total. The molecule has 2 unspecified atom stereocenters. The third kappa shape index (κ3) is 3.79. The molecular formula is C14H17ClF3NO. The SMILES string of the molecule is OC1CCCCCC1Nc1ccc(C(F)(F)F)cc1Cl. The quantitative estimate of drug-likeness (QED) is 0.790. The zero-order valence-corrected chi connectivity index (χ0v) is 11.6. The summed E-state index contributed by atoms with van der Waals surface area (Å²) in [7, 11) is 0. The molecule has 1 saturated carbocycles. The molecule has 2 rings (SSSR count). The molecule has 112 valence electrons. The molecule has 0 aromatic heterocycles. The van der Waals surface area contributed by atoms with E-state index in [9.17, 15) is 18.3 Å². The fourth-order valence-corrected chi connectivity index (χ4v) is 2.70. The summed E-state index contributed by atoms with van der Waals surface area (Å²) in [5, 5.41) is 13.1. The van der Waals surface area contributed by atoms with Gasteiger partial charge in [0.2, 0.25) is 0 Å². The van der Waals surface area contributed by atoms with Crippen molar-refractivity contribution in [2.45, 2.75) is 50.4 Å². The average molecular weight is 308 g/mol. The van der Waals surface area contributed by atoms with Crippen molar-refractivity contribution in [3.63, 3.8) is 0 Å². The van der Waals surface area contributed by atoms with Crippen molar-refractivity contribution in [1.29, 1.82) is 0 Å². The highest BCUT2D eigenvalue weighted by molar-refractivity contribution is 6.33. The van der Waals surface area contributed by atoms with E-state index in [2.05, 4.69) is 5.32 Å². The van der Waals surface area contributed by atoms with Gasteiger partial charge in [-0.15, -0.1) is 0 Å². The van der Waals surface area contributed by atoms with Crippen LogP contribution in [0.5, 0.6) is 0 Å². The number of hydrogen-bond donors (Lipinski definition) is 2. The molecule has 1 aliphatic rings. The molecule has 0 bridgehead atoms. The third-order valence-corrected chi connectivity index (χ3v) is 3.93. The van der Waals surface area contributed by atoms with Crippen molar-refractivity contribution >= 4 is 17.3 Å². The fraction of sp³-hybridized carbons (Fsp3) is 0.571. The Morgan fingerprint density at radius 3 is 2.50 bits per heavy atom. The second kappa shape index (κ2) is 6.22. The lowest BCUT2D eigenvalue weighted by Crippen LogP contribution is -2.32. The molecular weight excluding hydrogens is 291 g/mol. The molecule has 6 heteroatoms. The number of anilines is 1. The number of aliphatic hydroxyl groups is 1. The molecule has 0 amide bonds. The number of hydrogen-bond acceptors (Lipinski definition) is 2. The number of rotatable bonds is 2. The van der Waals surface area contributed by atoms with Gasteiger partial charge in [0, 0.05) is 0 Å². The summed E-state index contributed by atoms with van der Waals surface area (Å²) in [6.07, 6.45) is -0.363. The molecule has 1 aromatic rings. The van der Waals surface area contributed by atoms with Crippen LogP contribution in [-0.2, 0) is 6.18 Å². The van der Waals surface area contributed by atoms with Gasteiger partial charge in [0.05, 0.1) is 28.4 Å². The first-order valence-corrected chi connectivity index (χ1v) is 7.07. The predicted octanol–water partition coefficient (Wildman–Crippen LogP) is 4.46. The Morgan fingerprint density at radius 2 is 1.85 bits per heavy atom. The van der Waals surface area contributed by atoms with Gasteiger partial charge in [-0.3, -0.25) is 0 Å². The smallest absolute Gasteiger partial charge is 0.391 e. The van der Waals surface area contributed by atoms with Crippen LogP contribution in [-0.4, -0.2) is 17.3 Å². The van der Waals surface area contributed by atoms with Crippen LogP contribution in [0.4, 0.5) is 18.9 Å². The van der Waals surface area contributed by atoms with E-state index < -0.39 is 17.8 Å². The minimum atomic E-state index is -4.40. The Bertz CT molecular complexity index is 464. The van der Waals surface area contributed by atoms with E-state index in [1.54, 1.807) is 0 Å². The van der Waals surface area contributed by atoms with Crippen LogP contribution in [0.15, 0.2) is 18.2 Å². The first-order valence-electron chi connectivity index (χ1n) is 6.69. The van der Waals surface area contributed by atoms with E-state index in [4.69, 9.17) is 11.6 Å². The van der Waals surface area contributed by atoms with Gasteiger partial charge >= 0.3 is 6.18 Å². The molecule has 0 saturated heterocycles. The number of nitrogens with one attached hydrogen (secondary N) is 1. The monoisotopic (exact) mass is 307 g/mol. The number of benzene rings is 1. The Kier molecular flexibility index (Phi) is 4.81. The molecule has 0 radical (unpaired) electrons. The van der Waals surface area contributed by atoms with Gasteiger partial charge in [-0.25, -0.2) is 0 Å². The average Bonchev–Trinajstić information content (AvgIpc) is 2.56. The van der Waals surface area contributed by atoms with Crippen LogP contribution in [0.2, 0.25) is 5.02 Å². The highest BCUT2D eigenvalue weighted by Gasteiger charge is 2.31. The molecule has 20 heavy (non-hydrogen) atoms. The van der Waals surface area contributed by atoms with Crippen LogP contribution in [0, 0.1) is 0 Å². The lowest BCUT2D eigenvalue weighted by Gasteiger charge is -2.23. The van der Waals surface area contributed by atoms with Gasteiger partial charge in [0.1, 0.15) is 0 Å². The second-order valence-electron chi connectivity index (χ2n) is 5.15. The van der Waals surface area contributed by atoms with Crippen molar-refractivity contribution in [1.82, 2.24) is 0 Å². The summed E-state index contributed by atoms with van der Waals surface area (Å²) < 4.78 is 37.7. The Morgan fingerprint density at radius 1 is 1.15 bits per heavy atom. The molecule has 1 aliphatic carbocycles. The minimum absolute atomic E-state index is 0.0243. The van der Waals surface area contributed by atoms with E-state index in [-0.39, 0.29) is 11.1 Å². The van der Waals surface area contributed by atoms with E-state index in [1.807, 2.05) is 0 Å². The van der Waals surface area contributed by atoms with Gasteiger partial charge in [-0.05, 0) is 31.0 Å². The Labute approximate surface area is 120 Å². The first kappa shape index (κ1) is 15.4. The standard InChI is InChI=1S/C14H17ClF3NO/c15-10-8-9(14(16,17)18)6-7-11(10)19-12-4-2-1-3-5-13(12)20/h6-8,12-13,19-20H,1-5H2. The Hall–Kier alpha value is -0.940. The molecule has 1 fully saturated rings. The zero-order valence-electron chi connectivity index (χ0n) is 10.9. The van der Waals surface area contributed by atoms with Crippen molar-refractivity contribution in [3.8, 4) is 0 Å². The van der Waals surface area contributed by atoms with E-state index in [1.165, 1.54) is 6.07 Å². The van der Waals surface area contributed by atoms with Crippen LogP contribution in [0.25, 0.3) is 0 Å². The van der Waals surface area contributed by atoms with Crippen molar-refractivity contribution in [3.05, 3.63) is 28.8 Å². The van der Waals surface area contributed by atoms with Crippen LogP contribution in [0.1, 0.15) is 37.7 Å². The van der Waals surface area contributed by atoms with Crippen molar-refractivity contribution < 1.29 is 18.3 Å². The Balaban J connectivity index is 2.13.